The zero-order chi connectivity index (χ0) is 26.5. The predicted molar refractivity (Wildman–Crippen MR) is 148 cm³/mol. The molecule has 2 heterocycles. The van der Waals surface area contributed by atoms with Crippen molar-refractivity contribution in [3.8, 4) is 5.75 Å². The van der Waals surface area contributed by atoms with Crippen LogP contribution in [-0.2, 0) is 9.53 Å². The summed E-state index contributed by atoms with van der Waals surface area (Å²) >= 11 is 1.32. The van der Waals surface area contributed by atoms with Gasteiger partial charge in [0.1, 0.15) is 5.75 Å². The van der Waals surface area contributed by atoms with E-state index >= 15 is 0 Å². The highest BCUT2D eigenvalue weighted by Gasteiger charge is 2.33. The van der Waals surface area contributed by atoms with Crippen LogP contribution in [0, 0.1) is 0 Å². The third-order valence-corrected chi connectivity index (χ3v) is 7.33. The van der Waals surface area contributed by atoms with Crippen molar-refractivity contribution in [2.75, 3.05) is 31.2 Å². The number of esters is 1. The molecule has 0 aliphatic carbocycles. The maximum atomic E-state index is 13.7. The van der Waals surface area contributed by atoms with Gasteiger partial charge in [-0.3, -0.25) is 9.36 Å². The zero-order valence-electron chi connectivity index (χ0n) is 22.0. The molecule has 0 fully saturated rings. The maximum Gasteiger partial charge on any atom is 0.338 e. The van der Waals surface area contributed by atoms with Gasteiger partial charge in [-0.2, -0.15) is 0 Å². The molecule has 0 N–H and O–H groups in total. The molecule has 0 bridgehead atoms. The van der Waals surface area contributed by atoms with E-state index in [4.69, 9.17) is 9.47 Å². The van der Waals surface area contributed by atoms with Crippen molar-refractivity contribution >= 4 is 29.1 Å². The summed E-state index contributed by atoms with van der Waals surface area (Å²) < 4.78 is 13.1. The van der Waals surface area contributed by atoms with Gasteiger partial charge in [0, 0.05) is 18.8 Å². The molecule has 4 rings (SSSR count). The number of carbonyl (C=O) groups is 1. The van der Waals surface area contributed by atoms with E-state index in [1.807, 2.05) is 49.4 Å². The van der Waals surface area contributed by atoms with Crippen molar-refractivity contribution in [2.24, 2.45) is 4.99 Å². The van der Waals surface area contributed by atoms with Crippen molar-refractivity contribution in [1.29, 1.82) is 0 Å². The highest BCUT2D eigenvalue weighted by molar-refractivity contribution is 7.07. The minimum atomic E-state index is -0.641. The van der Waals surface area contributed by atoms with Gasteiger partial charge < -0.3 is 14.4 Å². The van der Waals surface area contributed by atoms with Crippen molar-refractivity contribution in [2.45, 2.75) is 40.7 Å². The molecule has 1 aromatic heterocycles. The summed E-state index contributed by atoms with van der Waals surface area (Å²) in [6.45, 7) is 12.4. The van der Waals surface area contributed by atoms with Crippen molar-refractivity contribution < 1.29 is 14.3 Å². The fourth-order valence-corrected chi connectivity index (χ4v) is 5.59. The van der Waals surface area contributed by atoms with Gasteiger partial charge in [-0.15, -0.1) is 0 Å². The summed E-state index contributed by atoms with van der Waals surface area (Å²) in [5.74, 6) is 0.258. The first-order valence-electron chi connectivity index (χ1n) is 12.7. The van der Waals surface area contributed by atoms with Gasteiger partial charge in [0.05, 0.1) is 35.1 Å². The third-order valence-electron chi connectivity index (χ3n) is 6.34. The van der Waals surface area contributed by atoms with Crippen LogP contribution in [-0.4, -0.2) is 36.8 Å². The Morgan fingerprint density at radius 1 is 1.03 bits per heavy atom. The molecule has 37 heavy (non-hydrogen) atoms. The SMILES string of the molecule is CCOC(=O)C1=C(C)N=c2sc(=Cc3ccc(N(CC)CC)cc3)c(=O)n2C1c1ccc(OCC)cc1. The Bertz CT molecular complexity index is 1460. The molecule has 1 atom stereocenters. The summed E-state index contributed by atoms with van der Waals surface area (Å²) in [5.41, 5.74) is 3.60. The lowest BCUT2D eigenvalue weighted by molar-refractivity contribution is -0.139. The van der Waals surface area contributed by atoms with Gasteiger partial charge >= 0.3 is 5.97 Å². The van der Waals surface area contributed by atoms with Gasteiger partial charge in [-0.1, -0.05) is 35.6 Å². The number of allylic oxidation sites excluding steroid dienone is 1. The van der Waals surface area contributed by atoms with Crippen LogP contribution < -0.4 is 24.5 Å². The van der Waals surface area contributed by atoms with E-state index in [1.54, 1.807) is 18.4 Å². The number of fused-ring (bicyclic) bond motifs is 1. The molecule has 0 radical (unpaired) electrons. The van der Waals surface area contributed by atoms with E-state index in [9.17, 15) is 9.59 Å². The number of carbonyl (C=O) groups excluding carboxylic acids is 1. The second-order valence-electron chi connectivity index (χ2n) is 8.57. The van der Waals surface area contributed by atoms with Crippen LogP contribution in [0.25, 0.3) is 6.08 Å². The number of nitrogens with zero attached hydrogens (tertiary/aromatic N) is 3. The lowest BCUT2D eigenvalue weighted by Gasteiger charge is -2.24. The summed E-state index contributed by atoms with van der Waals surface area (Å²) in [5, 5.41) is 0. The number of anilines is 1. The van der Waals surface area contributed by atoms with E-state index in [1.165, 1.54) is 11.3 Å². The average Bonchev–Trinajstić information content (AvgIpc) is 3.20. The van der Waals surface area contributed by atoms with Crippen molar-refractivity contribution in [3.05, 3.63) is 90.6 Å². The number of rotatable bonds is 9. The van der Waals surface area contributed by atoms with E-state index in [0.717, 1.165) is 35.7 Å². The van der Waals surface area contributed by atoms with Gasteiger partial charge in [0.2, 0.25) is 0 Å². The first kappa shape index (κ1) is 26.4. The maximum absolute atomic E-state index is 13.7. The number of thiazole rings is 1. The largest absolute Gasteiger partial charge is 0.494 e. The Hall–Kier alpha value is -3.65. The minimum absolute atomic E-state index is 0.190. The van der Waals surface area contributed by atoms with Gasteiger partial charge in [0.15, 0.2) is 4.80 Å². The molecule has 0 saturated heterocycles. The van der Waals surface area contributed by atoms with Gasteiger partial charge in [-0.25, -0.2) is 9.79 Å². The highest BCUT2D eigenvalue weighted by atomic mass is 32.1. The van der Waals surface area contributed by atoms with Gasteiger partial charge in [-0.05, 0) is 76.1 Å². The second kappa shape index (κ2) is 11.6. The third kappa shape index (κ3) is 5.39. The van der Waals surface area contributed by atoms with Gasteiger partial charge in [0.25, 0.3) is 5.56 Å². The molecule has 1 aliphatic rings. The minimum Gasteiger partial charge on any atom is -0.494 e. The van der Waals surface area contributed by atoms with Crippen molar-refractivity contribution in [1.82, 2.24) is 4.57 Å². The molecule has 0 spiro atoms. The molecular formula is C29H33N3O4S. The quantitative estimate of drug-likeness (QED) is 0.399. The zero-order valence-corrected chi connectivity index (χ0v) is 22.8. The molecule has 8 heteroatoms. The second-order valence-corrected chi connectivity index (χ2v) is 9.58. The monoisotopic (exact) mass is 519 g/mol. The standard InChI is InChI=1S/C29H33N3O4S/c1-6-31(7-2)22-14-10-20(11-15-22)18-24-27(33)32-26(21-12-16-23(17-13-21)35-8-3)25(28(34)36-9-4)19(5)30-29(32)37-24/h10-18,26H,6-9H2,1-5H3. The van der Waals surface area contributed by atoms with Crippen LogP contribution in [0.1, 0.15) is 51.8 Å². The Morgan fingerprint density at radius 2 is 1.70 bits per heavy atom. The van der Waals surface area contributed by atoms with E-state index in [2.05, 4.69) is 35.9 Å². The molecule has 2 aromatic carbocycles. The van der Waals surface area contributed by atoms with E-state index in [-0.39, 0.29) is 12.2 Å². The molecule has 0 saturated carbocycles. The molecule has 194 valence electrons. The molecule has 3 aromatic rings. The van der Waals surface area contributed by atoms with E-state index < -0.39 is 12.0 Å². The lowest BCUT2D eigenvalue weighted by atomic mass is 9.96. The van der Waals surface area contributed by atoms with Crippen LogP contribution in [0.5, 0.6) is 5.75 Å². The van der Waals surface area contributed by atoms with Crippen LogP contribution in [0.15, 0.2) is 69.6 Å². The summed E-state index contributed by atoms with van der Waals surface area (Å²) in [7, 11) is 0. The van der Waals surface area contributed by atoms with E-state index in [0.29, 0.717) is 27.2 Å². The first-order valence-corrected chi connectivity index (χ1v) is 13.5. The Morgan fingerprint density at radius 3 is 2.30 bits per heavy atom. The van der Waals surface area contributed by atoms with Crippen molar-refractivity contribution in [3.63, 3.8) is 0 Å². The topological polar surface area (TPSA) is 73.1 Å². The molecular weight excluding hydrogens is 486 g/mol. The summed E-state index contributed by atoms with van der Waals surface area (Å²) in [6.07, 6.45) is 1.88. The molecule has 1 aliphatic heterocycles. The first-order chi connectivity index (χ1) is 17.9. The predicted octanol–water partition coefficient (Wildman–Crippen LogP) is 4.04. The number of benzene rings is 2. The number of hydrogen-bond donors (Lipinski definition) is 0. The fraction of sp³-hybridized carbons (Fsp3) is 0.345. The Labute approximate surface area is 221 Å². The number of hydrogen-bond acceptors (Lipinski definition) is 7. The smallest absolute Gasteiger partial charge is 0.338 e. The molecule has 1 unspecified atom stereocenters. The number of aromatic nitrogens is 1. The highest BCUT2D eigenvalue weighted by Crippen LogP contribution is 2.31. The summed E-state index contributed by atoms with van der Waals surface area (Å²) in [6, 6.07) is 15.0. The summed E-state index contributed by atoms with van der Waals surface area (Å²) in [4.78, 5) is 34.2. The van der Waals surface area contributed by atoms with Crippen LogP contribution >= 0.6 is 11.3 Å². The average molecular weight is 520 g/mol. The normalized spacial score (nSPS) is 15.3. The lowest BCUT2D eigenvalue weighted by Crippen LogP contribution is -2.39. The molecule has 7 nitrogen and oxygen atoms in total. The number of ether oxygens (including phenoxy) is 2. The Kier molecular flexibility index (Phi) is 8.28. The Balaban J connectivity index is 1.83. The molecule has 0 amide bonds. The van der Waals surface area contributed by atoms with Crippen LogP contribution in [0.2, 0.25) is 0 Å². The van der Waals surface area contributed by atoms with Crippen LogP contribution in [0.4, 0.5) is 5.69 Å². The fourth-order valence-electron chi connectivity index (χ4n) is 4.54. The van der Waals surface area contributed by atoms with Crippen LogP contribution in [0.3, 0.4) is 0 Å².